The van der Waals surface area contributed by atoms with Crippen molar-refractivity contribution in [2.45, 2.75) is 29.7 Å². The third-order valence-corrected chi connectivity index (χ3v) is 6.92. The number of nitrogens with one attached hydrogen (secondary N) is 3. The van der Waals surface area contributed by atoms with Crippen molar-refractivity contribution in [2.24, 2.45) is 0 Å². The first-order valence-electron chi connectivity index (χ1n) is 8.82. The van der Waals surface area contributed by atoms with Gasteiger partial charge in [0.15, 0.2) is 0 Å². The molecule has 9 heteroatoms. The van der Waals surface area contributed by atoms with Crippen LogP contribution in [0, 0.1) is 5.82 Å². The molecule has 0 bridgehead atoms. The third-order valence-electron chi connectivity index (χ3n) is 4.46. The first-order chi connectivity index (χ1) is 13.4. The van der Waals surface area contributed by atoms with Crippen LogP contribution in [0.4, 0.5) is 9.18 Å². The summed E-state index contributed by atoms with van der Waals surface area (Å²) in [6.45, 7) is 0.308. The lowest BCUT2D eigenvalue weighted by molar-refractivity contribution is 0.236. The molecule has 1 heterocycles. The zero-order valence-corrected chi connectivity index (χ0v) is 17.0. The Hall–Kier alpha value is -2.10. The van der Waals surface area contributed by atoms with Crippen LogP contribution < -0.4 is 15.4 Å². The van der Waals surface area contributed by atoms with Gasteiger partial charge in [0.05, 0.1) is 11.8 Å². The topological polar surface area (TPSA) is 87.3 Å². The van der Waals surface area contributed by atoms with E-state index in [1.165, 1.54) is 19.2 Å². The summed E-state index contributed by atoms with van der Waals surface area (Å²) in [6.07, 6.45) is 0.739. The molecule has 28 heavy (non-hydrogen) atoms. The molecule has 1 unspecified atom stereocenters. The van der Waals surface area contributed by atoms with Gasteiger partial charge in [-0.25, -0.2) is 22.3 Å². The van der Waals surface area contributed by atoms with Gasteiger partial charge in [-0.15, -0.1) is 11.8 Å². The van der Waals surface area contributed by atoms with Gasteiger partial charge in [-0.05, 0) is 48.4 Å². The number of hydrogen-bond acceptors (Lipinski definition) is 4. The van der Waals surface area contributed by atoms with E-state index in [0.29, 0.717) is 12.1 Å². The van der Waals surface area contributed by atoms with Crippen LogP contribution in [0.3, 0.4) is 0 Å². The first kappa shape index (κ1) is 20.6. The van der Waals surface area contributed by atoms with Gasteiger partial charge in [0.25, 0.3) is 0 Å². The number of carbonyl (C=O) groups is 1. The van der Waals surface area contributed by atoms with Gasteiger partial charge in [0.1, 0.15) is 5.82 Å². The Balaban J connectivity index is 1.55. The molecule has 1 aliphatic heterocycles. The van der Waals surface area contributed by atoms with Crippen LogP contribution in [0.15, 0.2) is 47.4 Å². The molecule has 0 saturated carbocycles. The Kier molecular flexibility index (Phi) is 6.58. The molecule has 0 spiro atoms. The molecule has 2 aromatic rings. The van der Waals surface area contributed by atoms with Crippen LogP contribution in [0.25, 0.3) is 0 Å². The van der Waals surface area contributed by atoms with Crippen molar-refractivity contribution >= 4 is 27.8 Å². The number of sulfonamides is 1. The van der Waals surface area contributed by atoms with Gasteiger partial charge in [-0.2, -0.15) is 0 Å². The van der Waals surface area contributed by atoms with Crippen LogP contribution in [0.2, 0.25) is 0 Å². The van der Waals surface area contributed by atoms with E-state index in [9.17, 15) is 17.6 Å². The number of rotatable bonds is 6. The number of halogens is 1. The Morgan fingerprint density at radius 2 is 1.89 bits per heavy atom. The normalized spacial score (nSPS) is 16.3. The van der Waals surface area contributed by atoms with Crippen molar-refractivity contribution in [3.05, 3.63) is 65.0 Å². The van der Waals surface area contributed by atoms with Crippen LogP contribution in [-0.4, -0.2) is 27.2 Å². The van der Waals surface area contributed by atoms with Gasteiger partial charge >= 0.3 is 6.03 Å². The van der Waals surface area contributed by atoms with Crippen molar-refractivity contribution in [1.29, 1.82) is 0 Å². The summed E-state index contributed by atoms with van der Waals surface area (Å²) in [7, 11) is -1.93. The van der Waals surface area contributed by atoms with Gasteiger partial charge in [0, 0.05) is 17.2 Å². The largest absolute Gasteiger partial charge is 0.334 e. The number of carbonyl (C=O) groups excluding carboxylic acids is 1. The summed E-state index contributed by atoms with van der Waals surface area (Å²) in [5.41, 5.74) is 2.33. The molecule has 1 aliphatic rings. The van der Waals surface area contributed by atoms with Crippen LogP contribution in [-0.2, 0) is 22.3 Å². The van der Waals surface area contributed by atoms with Crippen LogP contribution in [0.5, 0.6) is 0 Å². The highest BCUT2D eigenvalue weighted by molar-refractivity contribution is 7.99. The number of urea groups is 1. The minimum absolute atomic E-state index is 0.0899. The van der Waals surface area contributed by atoms with E-state index < -0.39 is 10.0 Å². The smallest absolute Gasteiger partial charge is 0.315 e. The number of fused-ring (bicyclic) bond motifs is 1. The molecule has 0 saturated heterocycles. The fourth-order valence-electron chi connectivity index (χ4n) is 2.95. The summed E-state index contributed by atoms with van der Waals surface area (Å²) in [5, 5.41) is 5.69. The van der Waals surface area contributed by atoms with Gasteiger partial charge < -0.3 is 10.6 Å². The van der Waals surface area contributed by atoms with Gasteiger partial charge in [-0.3, -0.25) is 0 Å². The quantitative estimate of drug-likeness (QED) is 0.667. The third kappa shape index (κ3) is 5.46. The second kappa shape index (κ2) is 8.93. The van der Waals surface area contributed by atoms with E-state index in [2.05, 4.69) is 15.4 Å². The maximum Gasteiger partial charge on any atom is 0.315 e. The molecule has 150 valence electrons. The number of amides is 2. The Morgan fingerprint density at radius 3 is 2.61 bits per heavy atom. The lowest BCUT2D eigenvalue weighted by Crippen LogP contribution is -2.38. The minimum atomic E-state index is -3.31. The molecular weight excluding hydrogens is 401 g/mol. The summed E-state index contributed by atoms with van der Waals surface area (Å²) in [6, 6.07) is 11.1. The highest BCUT2D eigenvalue weighted by Gasteiger charge is 2.22. The summed E-state index contributed by atoms with van der Waals surface area (Å²) >= 11 is 1.66. The average molecular weight is 424 g/mol. The van der Waals surface area contributed by atoms with Crippen LogP contribution >= 0.6 is 11.8 Å². The molecular formula is C19H22FN3O3S2. The monoisotopic (exact) mass is 423 g/mol. The minimum Gasteiger partial charge on any atom is -0.334 e. The number of thioether (sulfide) groups is 1. The predicted octanol–water partition coefficient (Wildman–Crippen LogP) is 2.91. The SMILES string of the molecule is CNS(=O)(=O)Cc1ccc(CNC(=O)NC2CCSc3ccc(F)cc32)cc1. The highest BCUT2D eigenvalue weighted by Crippen LogP contribution is 2.36. The molecule has 2 aromatic carbocycles. The lowest BCUT2D eigenvalue weighted by Gasteiger charge is -2.26. The molecule has 3 rings (SSSR count). The molecule has 0 radical (unpaired) electrons. The first-order valence-corrected chi connectivity index (χ1v) is 11.5. The zero-order valence-electron chi connectivity index (χ0n) is 15.4. The molecule has 1 atom stereocenters. The summed E-state index contributed by atoms with van der Waals surface area (Å²) in [4.78, 5) is 13.3. The van der Waals surface area contributed by atoms with Crippen molar-refractivity contribution in [3.63, 3.8) is 0 Å². The van der Waals surface area contributed by atoms with E-state index in [1.807, 2.05) is 0 Å². The van der Waals surface area contributed by atoms with Gasteiger partial charge in [0.2, 0.25) is 10.0 Å². The Labute approximate surface area is 168 Å². The fourth-order valence-corrected chi connectivity index (χ4v) is 4.83. The molecule has 6 nitrogen and oxygen atoms in total. The molecule has 2 amide bonds. The van der Waals surface area contributed by atoms with Crippen molar-refractivity contribution in [1.82, 2.24) is 15.4 Å². The molecule has 0 aromatic heterocycles. The maximum absolute atomic E-state index is 13.6. The van der Waals surface area contributed by atoms with Gasteiger partial charge in [-0.1, -0.05) is 24.3 Å². The van der Waals surface area contributed by atoms with E-state index in [-0.39, 0.29) is 23.6 Å². The predicted molar refractivity (Wildman–Crippen MR) is 108 cm³/mol. The van der Waals surface area contributed by atoms with E-state index in [0.717, 1.165) is 28.2 Å². The molecule has 0 fully saturated rings. The maximum atomic E-state index is 13.6. The number of hydrogen-bond donors (Lipinski definition) is 3. The van der Waals surface area contributed by atoms with E-state index in [1.54, 1.807) is 42.1 Å². The molecule has 3 N–H and O–H groups in total. The zero-order chi connectivity index (χ0) is 20.1. The second-order valence-electron chi connectivity index (χ2n) is 6.48. The second-order valence-corrected chi connectivity index (χ2v) is 9.54. The van der Waals surface area contributed by atoms with Crippen molar-refractivity contribution in [2.75, 3.05) is 12.8 Å². The van der Waals surface area contributed by atoms with Crippen LogP contribution in [0.1, 0.15) is 29.2 Å². The van der Waals surface area contributed by atoms with E-state index >= 15 is 0 Å². The fraction of sp³-hybridized carbons (Fsp3) is 0.316. The highest BCUT2D eigenvalue weighted by atomic mass is 32.2. The average Bonchev–Trinajstić information content (AvgIpc) is 2.68. The Bertz CT molecular complexity index is 949. The number of benzene rings is 2. The summed E-state index contributed by atoms with van der Waals surface area (Å²) < 4.78 is 39.0. The standard InChI is InChI=1S/C19H22FN3O3S2/c1-21-28(25,26)12-14-4-2-13(3-5-14)11-22-19(24)23-17-8-9-27-18-7-6-15(20)10-16(17)18/h2-7,10,17,21H,8-9,11-12H2,1H3,(H2,22,23,24). The van der Waals surface area contributed by atoms with E-state index in [4.69, 9.17) is 0 Å². The van der Waals surface area contributed by atoms with Crippen molar-refractivity contribution in [3.8, 4) is 0 Å². The van der Waals surface area contributed by atoms with Crippen molar-refractivity contribution < 1.29 is 17.6 Å². The molecule has 0 aliphatic carbocycles. The lowest BCUT2D eigenvalue weighted by atomic mass is 10.0. The Morgan fingerprint density at radius 1 is 1.18 bits per heavy atom. The summed E-state index contributed by atoms with van der Waals surface area (Å²) in [5.74, 6) is 0.460.